The van der Waals surface area contributed by atoms with Gasteiger partial charge >= 0.3 is 0 Å². The maximum absolute atomic E-state index is 5.44. The van der Waals surface area contributed by atoms with Gasteiger partial charge in [-0.05, 0) is 36.2 Å². The maximum atomic E-state index is 5.44. The Hall–Kier alpha value is -3.31. The summed E-state index contributed by atoms with van der Waals surface area (Å²) < 4.78 is 10.8. The Kier molecular flexibility index (Phi) is 7.07. The lowest BCUT2D eigenvalue weighted by atomic mass is 9.96. The Morgan fingerprint density at radius 1 is 0.750 bits per heavy atom. The van der Waals surface area contributed by atoms with Gasteiger partial charge in [0.05, 0.1) is 26.0 Å². The predicted molar refractivity (Wildman–Crippen MR) is 130 cm³/mol. The Labute approximate surface area is 190 Å². The minimum absolute atomic E-state index is 0.260. The van der Waals surface area contributed by atoms with Crippen molar-refractivity contribution in [1.82, 2.24) is 9.91 Å². The molecule has 166 valence electrons. The van der Waals surface area contributed by atoms with Gasteiger partial charge in [-0.1, -0.05) is 60.7 Å². The van der Waals surface area contributed by atoms with Gasteiger partial charge in [-0.25, -0.2) is 0 Å². The number of rotatable bonds is 7. The van der Waals surface area contributed by atoms with E-state index < -0.39 is 0 Å². The van der Waals surface area contributed by atoms with Crippen molar-refractivity contribution in [2.24, 2.45) is 5.10 Å². The molecule has 0 atom stereocenters. The standard InChI is InChI=1S/C27H31N3O2/c1-21(24-14-15-25(31-2)26(20-24)32-3)28-30-18-16-29(17-19-30)27(22-10-6-4-7-11-22)23-12-8-5-9-13-23/h4-15,20,27H,16-19H2,1-3H3. The van der Waals surface area contributed by atoms with Crippen molar-refractivity contribution in [1.29, 1.82) is 0 Å². The van der Waals surface area contributed by atoms with Crippen LogP contribution in [0.4, 0.5) is 0 Å². The van der Waals surface area contributed by atoms with Crippen LogP contribution in [0.1, 0.15) is 29.7 Å². The zero-order valence-corrected chi connectivity index (χ0v) is 19.1. The van der Waals surface area contributed by atoms with Crippen LogP contribution in [0.2, 0.25) is 0 Å². The van der Waals surface area contributed by atoms with Crippen LogP contribution in [-0.4, -0.2) is 56.0 Å². The van der Waals surface area contributed by atoms with Crippen LogP contribution in [-0.2, 0) is 0 Å². The third-order valence-electron chi connectivity index (χ3n) is 5.98. The summed E-state index contributed by atoms with van der Waals surface area (Å²) in [6.45, 7) is 5.74. The number of piperazine rings is 1. The lowest BCUT2D eigenvalue weighted by Crippen LogP contribution is -2.46. The van der Waals surface area contributed by atoms with Gasteiger partial charge < -0.3 is 9.47 Å². The van der Waals surface area contributed by atoms with Crippen molar-refractivity contribution in [2.45, 2.75) is 13.0 Å². The van der Waals surface area contributed by atoms with E-state index >= 15 is 0 Å². The molecule has 0 aromatic heterocycles. The van der Waals surface area contributed by atoms with Gasteiger partial charge in [-0.2, -0.15) is 5.10 Å². The van der Waals surface area contributed by atoms with E-state index in [0.717, 1.165) is 49.0 Å². The second kappa shape index (κ2) is 10.3. The first-order valence-electron chi connectivity index (χ1n) is 11.1. The fraction of sp³-hybridized carbons (Fsp3) is 0.296. The molecule has 0 N–H and O–H groups in total. The Bertz CT molecular complexity index is 990. The zero-order valence-electron chi connectivity index (χ0n) is 19.1. The van der Waals surface area contributed by atoms with E-state index in [0.29, 0.717) is 0 Å². The Morgan fingerprint density at radius 2 is 1.31 bits per heavy atom. The number of methoxy groups -OCH3 is 2. The third-order valence-corrected chi connectivity index (χ3v) is 5.98. The van der Waals surface area contributed by atoms with Crippen LogP contribution in [0.15, 0.2) is 84.0 Å². The average molecular weight is 430 g/mol. The minimum Gasteiger partial charge on any atom is -0.493 e. The number of nitrogens with zero attached hydrogens (tertiary/aromatic N) is 3. The van der Waals surface area contributed by atoms with Gasteiger partial charge in [0.2, 0.25) is 0 Å². The van der Waals surface area contributed by atoms with Gasteiger partial charge in [0, 0.05) is 31.7 Å². The van der Waals surface area contributed by atoms with Gasteiger partial charge in [0.25, 0.3) is 0 Å². The smallest absolute Gasteiger partial charge is 0.161 e. The zero-order chi connectivity index (χ0) is 22.3. The quantitative estimate of drug-likeness (QED) is 0.504. The normalized spacial score (nSPS) is 15.1. The SMILES string of the molecule is COc1ccc(C(C)=NN2CCN(C(c3ccccc3)c3ccccc3)CC2)cc1OC. The molecule has 1 aliphatic heterocycles. The van der Waals surface area contributed by atoms with Crippen molar-refractivity contribution in [2.75, 3.05) is 40.4 Å². The second-order valence-electron chi connectivity index (χ2n) is 7.97. The molecule has 5 nitrogen and oxygen atoms in total. The van der Waals surface area contributed by atoms with Gasteiger partial charge in [0.1, 0.15) is 0 Å². The van der Waals surface area contributed by atoms with E-state index in [4.69, 9.17) is 14.6 Å². The maximum Gasteiger partial charge on any atom is 0.161 e. The highest BCUT2D eigenvalue weighted by molar-refractivity contribution is 5.99. The van der Waals surface area contributed by atoms with Crippen LogP contribution in [0.25, 0.3) is 0 Å². The molecular weight excluding hydrogens is 398 g/mol. The van der Waals surface area contributed by atoms with E-state index in [1.54, 1.807) is 14.2 Å². The van der Waals surface area contributed by atoms with E-state index in [9.17, 15) is 0 Å². The number of benzene rings is 3. The summed E-state index contributed by atoms with van der Waals surface area (Å²) in [5, 5.41) is 7.08. The summed E-state index contributed by atoms with van der Waals surface area (Å²) >= 11 is 0. The van der Waals surface area contributed by atoms with E-state index in [1.165, 1.54) is 11.1 Å². The van der Waals surface area contributed by atoms with Crippen LogP contribution in [0, 0.1) is 0 Å². The van der Waals surface area contributed by atoms with E-state index in [2.05, 4.69) is 70.6 Å². The van der Waals surface area contributed by atoms with Crippen LogP contribution < -0.4 is 9.47 Å². The number of hydrogen-bond acceptors (Lipinski definition) is 5. The molecule has 0 radical (unpaired) electrons. The van der Waals surface area contributed by atoms with Gasteiger partial charge in [-0.3, -0.25) is 9.91 Å². The highest BCUT2D eigenvalue weighted by atomic mass is 16.5. The van der Waals surface area contributed by atoms with Crippen molar-refractivity contribution < 1.29 is 9.47 Å². The lowest BCUT2D eigenvalue weighted by molar-refractivity contribution is 0.112. The molecule has 0 spiro atoms. The van der Waals surface area contributed by atoms with Gasteiger partial charge in [0.15, 0.2) is 11.5 Å². The molecule has 4 rings (SSSR count). The van der Waals surface area contributed by atoms with Crippen LogP contribution in [0.3, 0.4) is 0 Å². The average Bonchev–Trinajstić information content (AvgIpc) is 2.86. The highest BCUT2D eigenvalue weighted by Gasteiger charge is 2.26. The third kappa shape index (κ3) is 4.94. The monoisotopic (exact) mass is 429 g/mol. The first-order chi connectivity index (χ1) is 15.7. The van der Waals surface area contributed by atoms with Crippen LogP contribution in [0.5, 0.6) is 11.5 Å². The lowest BCUT2D eigenvalue weighted by Gasteiger charge is -2.39. The molecule has 3 aromatic carbocycles. The Morgan fingerprint density at radius 3 is 1.84 bits per heavy atom. The molecule has 1 fully saturated rings. The number of hydrogen-bond donors (Lipinski definition) is 0. The number of hydrazone groups is 1. The van der Waals surface area contributed by atoms with Crippen molar-refractivity contribution in [3.63, 3.8) is 0 Å². The largest absolute Gasteiger partial charge is 0.493 e. The summed E-state index contributed by atoms with van der Waals surface area (Å²) in [6, 6.07) is 27.7. The highest BCUT2D eigenvalue weighted by Crippen LogP contribution is 2.30. The van der Waals surface area contributed by atoms with E-state index in [1.807, 2.05) is 25.1 Å². The first kappa shape index (κ1) is 21.9. The molecule has 0 amide bonds. The van der Waals surface area contributed by atoms with Crippen molar-refractivity contribution in [3.8, 4) is 11.5 Å². The summed E-state index contributed by atoms with van der Waals surface area (Å²) in [6.07, 6.45) is 0. The van der Waals surface area contributed by atoms with Crippen molar-refractivity contribution in [3.05, 3.63) is 95.6 Å². The molecule has 0 aliphatic carbocycles. The molecule has 1 heterocycles. The molecule has 5 heteroatoms. The molecule has 0 saturated carbocycles. The fourth-order valence-electron chi connectivity index (χ4n) is 4.29. The molecule has 1 saturated heterocycles. The molecular formula is C27H31N3O2. The first-order valence-corrected chi connectivity index (χ1v) is 11.1. The molecule has 0 bridgehead atoms. The molecule has 0 unspecified atom stereocenters. The Balaban J connectivity index is 1.48. The summed E-state index contributed by atoms with van der Waals surface area (Å²) in [4.78, 5) is 2.56. The molecule has 3 aromatic rings. The van der Waals surface area contributed by atoms with Crippen molar-refractivity contribution >= 4 is 5.71 Å². The predicted octanol–water partition coefficient (Wildman–Crippen LogP) is 4.84. The van der Waals surface area contributed by atoms with E-state index in [-0.39, 0.29) is 6.04 Å². The molecule has 32 heavy (non-hydrogen) atoms. The summed E-state index contributed by atoms with van der Waals surface area (Å²) in [5.74, 6) is 1.45. The summed E-state index contributed by atoms with van der Waals surface area (Å²) in [7, 11) is 3.30. The second-order valence-corrected chi connectivity index (χ2v) is 7.97. The molecule has 1 aliphatic rings. The number of ether oxygens (including phenoxy) is 2. The topological polar surface area (TPSA) is 37.3 Å². The summed E-state index contributed by atoms with van der Waals surface area (Å²) in [5.41, 5.74) is 4.67. The fourth-order valence-corrected chi connectivity index (χ4v) is 4.29. The van der Waals surface area contributed by atoms with Crippen LogP contribution >= 0.6 is 0 Å². The minimum atomic E-state index is 0.260. The van der Waals surface area contributed by atoms with Gasteiger partial charge in [-0.15, -0.1) is 0 Å².